The van der Waals surface area contributed by atoms with Crippen molar-refractivity contribution in [3.05, 3.63) is 100 Å². The van der Waals surface area contributed by atoms with Gasteiger partial charge >= 0.3 is 0 Å². The molecule has 0 bridgehead atoms. The molecule has 3 aromatic carbocycles. The van der Waals surface area contributed by atoms with Crippen molar-refractivity contribution >= 4 is 50.1 Å². The number of fused-ring (bicyclic) bond motifs is 1. The number of nitrogens with two attached hydrogens (primary N) is 1. The summed E-state index contributed by atoms with van der Waals surface area (Å²) < 4.78 is 32.1. The first-order chi connectivity index (χ1) is 23.2. The molecule has 7 rings (SSSR count). The molecule has 1 aliphatic heterocycles. The highest BCUT2D eigenvalue weighted by atomic mass is 35.5. The smallest absolute Gasteiger partial charge is 0.242 e. The van der Waals surface area contributed by atoms with E-state index in [0.717, 1.165) is 79.6 Å². The zero-order valence-electron chi connectivity index (χ0n) is 26.6. The standard InChI is InChI=1S/C35H38Cl2N8O2S/c1-43-18-20-44(21-19-43)26-14-16-27(17-15-26)45-35-30(34(38)39-22-40-35)33(41-45)25-12-10-24(11-13-25)32(23-6-3-2-4-7-23)42-48(46,47)29-9-5-8-28(36)31(29)37/h2-13,22,26-27,32,42H,14-21H2,1H3,(H2,38,39,40). The van der Waals surface area contributed by atoms with Crippen LogP contribution in [-0.4, -0.2) is 77.2 Å². The lowest BCUT2D eigenvalue weighted by molar-refractivity contribution is 0.0815. The van der Waals surface area contributed by atoms with Crippen LogP contribution in [0.4, 0.5) is 5.82 Å². The molecule has 1 saturated heterocycles. The number of benzene rings is 3. The van der Waals surface area contributed by atoms with E-state index in [1.807, 2.05) is 59.3 Å². The fourth-order valence-electron chi connectivity index (χ4n) is 7.02. The van der Waals surface area contributed by atoms with Crippen molar-refractivity contribution < 1.29 is 8.42 Å². The van der Waals surface area contributed by atoms with E-state index in [1.54, 1.807) is 12.1 Å². The summed E-state index contributed by atoms with van der Waals surface area (Å²) in [5, 5.41) is 5.98. The normalized spacial score (nSPS) is 20.2. The molecule has 13 heteroatoms. The molecule has 0 spiro atoms. The number of aromatic nitrogens is 4. The van der Waals surface area contributed by atoms with Gasteiger partial charge in [-0.15, -0.1) is 0 Å². The maximum absolute atomic E-state index is 13.6. The molecule has 48 heavy (non-hydrogen) atoms. The Kier molecular flexibility index (Phi) is 9.43. The zero-order valence-corrected chi connectivity index (χ0v) is 29.0. The number of likely N-dealkylation sites (N-methyl/N-ethyl adjacent to an activating group) is 1. The third-order valence-corrected chi connectivity index (χ3v) is 12.1. The summed E-state index contributed by atoms with van der Waals surface area (Å²) in [4.78, 5) is 13.9. The van der Waals surface area contributed by atoms with Gasteiger partial charge in [0, 0.05) is 37.8 Å². The second-order valence-electron chi connectivity index (χ2n) is 12.7. The summed E-state index contributed by atoms with van der Waals surface area (Å²) in [5.41, 5.74) is 10.2. The maximum atomic E-state index is 13.6. The van der Waals surface area contributed by atoms with Gasteiger partial charge in [0.05, 0.1) is 27.5 Å². The van der Waals surface area contributed by atoms with E-state index in [-0.39, 0.29) is 21.0 Å². The molecule has 3 N–H and O–H groups in total. The van der Waals surface area contributed by atoms with Gasteiger partial charge < -0.3 is 10.6 Å². The van der Waals surface area contributed by atoms with E-state index >= 15 is 0 Å². The Morgan fingerprint density at radius 1 is 0.833 bits per heavy atom. The van der Waals surface area contributed by atoms with Crippen LogP contribution in [0.2, 0.25) is 10.0 Å². The predicted molar refractivity (Wildman–Crippen MR) is 191 cm³/mol. The summed E-state index contributed by atoms with van der Waals surface area (Å²) in [5.74, 6) is 0.379. The Bertz CT molecular complexity index is 2010. The largest absolute Gasteiger partial charge is 0.383 e. The van der Waals surface area contributed by atoms with Gasteiger partial charge in [-0.25, -0.2) is 23.1 Å². The minimum absolute atomic E-state index is 0.0242. The van der Waals surface area contributed by atoms with Crippen LogP contribution < -0.4 is 10.5 Å². The quantitative estimate of drug-likeness (QED) is 0.196. The van der Waals surface area contributed by atoms with Crippen LogP contribution in [0.5, 0.6) is 0 Å². The number of halogens is 2. The van der Waals surface area contributed by atoms with E-state index in [0.29, 0.717) is 17.6 Å². The molecular formula is C35H38Cl2N8O2S. The van der Waals surface area contributed by atoms with Crippen molar-refractivity contribution in [1.29, 1.82) is 0 Å². The fraction of sp³-hybridized carbons (Fsp3) is 0.343. The van der Waals surface area contributed by atoms with Gasteiger partial charge in [-0.05, 0) is 56.0 Å². The van der Waals surface area contributed by atoms with Crippen molar-refractivity contribution in [2.75, 3.05) is 39.0 Å². The van der Waals surface area contributed by atoms with Crippen molar-refractivity contribution in [2.24, 2.45) is 0 Å². The third-order valence-electron chi connectivity index (χ3n) is 9.71. The van der Waals surface area contributed by atoms with Crippen LogP contribution in [0.15, 0.2) is 84.0 Å². The molecular weight excluding hydrogens is 667 g/mol. The van der Waals surface area contributed by atoms with Gasteiger partial charge in [-0.2, -0.15) is 9.82 Å². The van der Waals surface area contributed by atoms with E-state index in [9.17, 15) is 8.42 Å². The van der Waals surface area contributed by atoms with Crippen LogP contribution in [0.1, 0.15) is 48.9 Å². The number of nitrogens with one attached hydrogen (secondary N) is 1. The van der Waals surface area contributed by atoms with Gasteiger partial charge in [0.2, 0.25) is 10.0 Å². The van der Waals surface area contributed by atoms with Gasteiger partial charge in [0.25, 0.3) is 0 Å². The summed E-state index contributed by atoms with van der Waals surface area (Å²) >= 11 is 12.5. The first kappa shape index (κ1) is 32.9. The van der Waals surface area contributed by atoms with Crippen molar-refractivity contribution in [2.45, 2.75) is 48.7 Å². The predicted octanol–water partition coefficient (Wildman–Crippen LogP) is 6.18. The van der Waals surface area contributed by atoms with Crippen LogP contribution in [-0.2, 0) is 10.0 Å². The number of anilines is 1. The lowest BCUT2D eigenvalue weighted by atomic mass is 9.90. The van der Waals surface area contributed by atoms with Gasteiger partial charge in [-0.1, -0.05) is 83.9 Å². The van der Waals surface area contributed by atoms with Crippen LogP contribution in [0.3, 0.4) is 0 Å². The molecule has 1 saturated carbocycles. The summed E-state index contributed by atoms with van der Waals surface area (Å²) in [6.45, 7) is 4.50. The Labute approximate surface area is 290 Å². The van der Waals surface area contributed by atoms with E-state index in [1.165, 1.54) is 12.4 Å². The Hall–Kier alpha value is -3.58. The number of hydrogen-bond acceptors (Lipinski definition) is 8. The SMILES string of the molecule is CN1CCN(C2CCC(n3nc(-c4ccc(C(NS(=O)(=O)c5cccc(Cl)c5Cl)c5ccccc5)cc4)c4c(N)ncnc43)CC2)CC1. The lowest BCUT2D eigenvalue weighted by Crippen LogP contribution is -2.49. The highest BCUT2D eigenvalue weighted by Gasteiger charge is 2.31. The second-order valence-corrected chi connectivity index (χ2v) is 15.2. The topological polar surface area (TPSA) is 122 Å². The van der Waals surface area contributed by atoms with Gasteiger partial charge in [0.1, 0.15) is 22.7 Å². The zero-order chi connectivity index (χ0) is 33.4. The molecule has 10 nitrogen and oxygen atoms in total. The molecule has 1 unspecified atom stereocenters. The van der Waals surface area contributed by atoms with Crippen LogP contribution >= 0.6 is 23.2 Å². The monoisotopic (exact) mass is 704 g/mol. The Balaban J connectivity index is 1.18. The number of rotatable bonds is 8. The number of nitrogens with zero attached hydrogens (tertiary/aromatic N) is 6. The summed E-state index contributed by atoms with van der Waals surface area (Å²) in [7, 11) is -1.86. The second kappa shape index (κ2) is 13.7. The van der Waals surface area contributed by atoms with E-state index < -0.39 is 16.1 Å². The molecule has 250 valence electrons. The van der Waals surface area contributed by atoms with Crippen molar-refractivity contribution in [3.63, 3.8) is 0 Å². The highest BCUT2D eigenvalue weighted by molar-refractivity contribution is 7.89. The Morgan fingerprint density at radius 3 is 2.21 bits per heavy atom. The number of sulfonamides is 1. The Morgan fingerprint density at radius 2 is 1.50 bits per heavy atom. The summed E-state index contributed by atoms with van der Waals surface area (Å²) in [6, 6.07) is 21.8. The first-order valence-corrected chi connectivity index (χ1v) is 18.5. The molecule has 0 radical (unpaired) electrons. The number of piperazine rings is 1. The first-order valence-electron chi connectivity index (χ1n) is 16.2. The molecule has 3 heterocycles. The highest BCUT2D eigenvalue weighted by Crippen LogP contribution is 2.38. The van der Waals surface area contributed by atoms with Crippen molar-refractivity contribution in [3.8, 4) is 11.3 Å². The fourth-order valence-corrected chi connectivity index (χ4v) is 9.00. The minimum Gasteiger partial charge on any atom is -0.383 e. The van der Waals surface area contributed by atoms with E-state index in [2.05, 4.69) is 31.5 Å². The van der Waals surface area contributed by atoms with Gasteiger partial charge in [-0.3, -0.25) is 4.90 Å². The molecule has 5 aromatic rings. The minimum atomic E-state index is -4.05. The average Bonchev–Trinajstić information content (AvgIpc) is 3.50. The van der Waals surface area contributed by atoms with E-state index in [4.69, 9.17) is 34.0 Å². The molecule has 1 atom stereocenters. The molecule has 0 amide bonds. The van der Waals surface area contributed by atoms with Gasteiger partial charge in [0.15, 0.2) is 5.65 Å². The maximum Gasteiger partial charge on any atom is 0.242 e. The molecule has 2 aliphatic rings. The average molecular weight is 706 g/mol. The van der Waals surface area contributed by atoms with Crippen LogP contribution in [0, 0.1) is 0 Å². The van der Waals surface area contributed by atoms with Crippen molar-refractivity contribution in [1.82, 2.24) is 34.3 Å². The van der Waals surface area contributed by atoms with Crippen LogP contribution in [0.25, 0.3) is 22.3 Å². The molecule has 2 aromatic heterocycles. The molecule has 2 fully saturated rings. The third kappa shape index (κ3) is 6.55. The lowest BCUT2D eigenvalue weighted by Gasteiger charge is -2.41. The summed E-state index contributed by atoms with van der Waals surface area (Å²) in [6.07, 6.45) is 5.79. The molecule has 1 aliphatic carbocycles. The number of hydrogen-bond donors (Lipinski definition) is 2. The number of nitrogen functional groups attached to an aromatic ring is 1.